The molecule has 21 heavy (non-hydrogen) atoms. The van der Waals surface area contributed by atoms with Gasteiger partial charge in [0, 0.05) is 24.0 Å². The molecule has 0 bridgehead atoms. The lowest BCUT2D eigenvalue weighted by molar-refractivity contribution is 0.562. The van der Waals surface area contributed by atoms with Crippen molar-refractivity contribution in [1.29, 1.82) is 0 Å². The average Bonchev–Trinajstić information content (AvgIpc) is 2.86. The van der Waals surface area contributed by atoms with Gasteiger partial charge in [-0.3, -0.25) is 0 Å². The number of rotatable bonds is 2. The van der Waals surface area contributed by atoms with E-state index in [4.69, 9.17) is 5.73 Å². The zero-order chi connectivity index (χ0) is 15.0. The van der Waals surface area contributed by atoms with Gasteiger partial charge in [0.1, 0.15) is 10.1 Å². The van der Waals surface area contributed by atoms with Crippen molar-refractivity contribution in [2.45, 2.75) is 36.2 Å². The van der Waals surface area contributed by atoms with Crippen molar-refractivity contribution in [2.75, 3.05) is 5.73 Å². The third-order valence-electron chi connectivity index (χ3n) is 3.12. The fraction of sp³-hybridized carbons (Fsp3) is 0.267. The van der Waals surface area contributed by atoms with E-state index in [0.717, 1.165) is 21.3 Å². The first-order chi connectivity index (χ1) is 9.95. The summed E-state index contributed by atoms with van der Waals surface area (Å²) in [5, 5.41) is 6.23. The number of nitrogens with zero attached hydrogens (tertiary/aromatic N) is 4. The van der Waals surface area contributed by atoms with Gasteiger partial charge in [0.25, 0.3) is 0 Å². The summed E-state index contributed by atoms with van der Waals surface area (Å²) in [6.45, 7) is 6.43. The molecule has 0 fully saturated rings. The molecule has 0 aromatic carbocycles. The second-order valence-electron chi connectivity index (χ2n) is 5.84. The topological polar surface area (TPSA) is 69.1 Å². The summed E-state index contributed by atoms with van der Waals surface area (Å²) in [5.74, 6) is 0. The van der Waals surface area contributed by atoms with Gasteiger partial charge in [-0.15, -0.1) is 0 Å². The molecule has 0 aliphatic rings. The van der Waals surface area contributed by atoms with Crippen LogP contribution in [0.25, 0.3) is 5.52 Å². The predicted octanol–water partition coefficient (Wildman–Crippen LogP) is 3.16. The van der Waals surface area contributed by atoms with E-state index in [2.05, 4.69) is 41.9 Å². The van der Waals surface area contributed by atoms with Gasteiger partial charge in [-0.2, -0.15) is 5.10 Å². The van der Waals surface area contributed by atoms with Gasteiger partial charge in [0.2, 0.25) is 0 Å². The Kier molecular flexibility index (Phi) is 3.33. The zero-order valence-electron chi connectivity index (χ0n) is 12.2. The van der Waals surface area contributed by atoms with E-state index in [0.29, 0.717) is 5.69 Å². The second kappa shape index (κ2) is 5.04. The molecule has 3 rings (SSSR count). The van der Waals surface area contributed by atoms with E-state index in [1.165, 1.54) is 11.8 Å². The molecule has 0 unspecified atom stereocenters. The lowest BCUT2D eigenvalue weighted by Crippen LogP contribution is -2.11. The Labute approximate surface area is 127 Å². The van der Waals surface area contributed by atoms with Crippen molar-refractivity contribution in [2.24, 2.45) is 0 Å². The van der Waals surface area contributed by atoms with Crippen LogP contribution < -0.4 is 5.73 Å². The molecule has 3 aromatic heterocycles. The number of aromatic nitrogens is 4. The fourth-order valence-corrected chi connectivity index (χ4v) is 2.78. The number of nitrogens with two attached hydrogens (primary N) is 1. The minimum Gasteiger partial charge on any atom is -0.397 e. The molecule has 3 aromatic rings. The average molecular weight is 299 g/mol. The Morgan fingerprint density at radius 1 is 1.14 bits per heavy atom. The van der Waals surface area contributed by atoms with Crippen molar-refractivity contribution in [1.82, 2.24) is 19.6 Å². The minimum atomic E-state index is -0.00200. The summed E-state index contributed by atoms with van der Waals surface area (Å²) in [6.07, 6.45) is 5.33. The summed E-state index contributed by atoms with van der Waals surface area (Å²) in [7, 11) is 0. The van der Waals surface area contributed by atoms with Crippen LogP contribution in [0.2, 0.25) is 0 Å². The highest BCUT2D eigenvalue weighted by molar-refractivity contribution is 7.99. The normalized spacial score (nSPS) is 12.0. The first-order valence-electron chi connectivity index (χ1n) is 6.68. The molecule has 0 atom stereocenters. The molecule has 0 amide bonds. The highest BCUT2D eigenvalue weighted by Crippen LogP contribution is 2.32. The molecule has 0 aliphatic carbocycles. The predicted molar refractivity (Wildman–Crippen MR) is 84.5 cm³/mol. The molecule has 0 aliphatic heterocycles. The highest BCUT2D eigenvalue weighted by atomic mass is 32.2. The fourth-order valence-electron chi connectivity index (χ4n) is 1.92. The quantitative estimate of drug-likeness (QED) is 0.787. The molecule has 0 spiro atoms. The van der Waals surface area contributed by atoms with Crippen LogP contribution in [-0.2, 0) is 5.41 Å². The van der Waals surface area contributed by atoms with Crippen molar-refractivity contribution < 1.29 is 0 Å². The Hall–Kier alpha value is -2.08. The molecule has 0 radical (unpaired) electrons. The van der Waals surface area contributed by atoms with Crippen LogP contribution in [-0.4, -0.2) is 19.6 Å². The summed E-state index contributed by atoms with van der Waals surface area (Å²) in [4.78, 5) is 8.75. The zero-order valence-corrected chi connectivity index (χ0v) is 13.1. The lowest BCUT2D eigenvalue weighted by Gasteiger charge is -2.13. The van der Waals surface area contributed by atoms with E-state index in [1.807, 2.05) is 22.8 Å². The molecule has 3 heterocycles. The Bertz CT molecular complexity index is 788. The monoisotopic (exact) mass is 299 g/mol. The van der Waals surface area contributed by atoms with Crippen LogP contribution in [0.15, 0.2) is 46.8 Å². The van der Waals surface area contributed by atoms with Crippen LogP contribution >= 0.6 is 11.8 Å². The van der Waals surface area contributed by atoms with Crippen molar-refractivity contribution in [3.8, 4) is 0 Å². The van der Waals surface area contributed by atoms with E-state index in [-0.39, 0.29) is 5.41 Å². The van der Waals surface area contributed by atoms with Crippen LogP contribution in [0.4, 0.5) is 5.69 Å². The Balaban J connectivity index is 2.07. The third kappa shape index (κ3) is 2.71. The molecule has 108 valence electrons. The minimum absolute atomic E-state index is 0.00200. The smallest absolute Gasteiger partial charge is 0.128 e. The largest absolute Gasteiger partial charge is 0.397 e. The molecule has 0 saturated heterocycles. The molecular weight excluding hydrogens is 282 g/mol. The van der Waals surface area contributed by atoms with Crippen molar-refractivity contribution >= 4 is 23.0 Å². The van der Waals surface area contributed by atoms with Gasteiger partial charge in [0.15, 0.2) is 0 Å². The standard InChI is InChI=1S/C15H17N5S/c1-15(2,3)12-9-11-14(18-7-8-20(11)19-12)21-13-10(16)5-4-6-17-13/h4-9H,16H2,1-3H3. The van der Waals surface area contributed by atoms with Crippen molar-refractivity contribution in [3.63, 3.8) is 0 Å². The van der Waals surface area contributed by atoms with Gasteiger partial charge in [0.05, 0.1) is 16.9 Å². The molecule has 0 saturated carbocycles. The first kappa shape index (κ1) is 13.9. The van der Waals surface area contributed by atoms with Gasteiger partial charge < -0.3 is 5.73 Å². The van der Waals surface area contributed by atoms with Gasteiger partial charge in [-0.05, 0) is 30.0 Å². The number of nitrogen functional groups attached to an aromatic ring is 1. The maximum absolute atomic E-state index is 5.95. The van der Waals surface area contributed by atoms with E-state index in [9.17, 15) is 0 Å². The van der Waals surface area contributed by atoms with Crippen LogP contribution in [0.5, 0.6) is 0 Å². The molecule has 2 N–H and O–H groups in total. The number of hydrogen-bond acceptors (Lipinski definition) is 5. The SMILES string of the molecule is CC(C)(C)c1cc2c(Sc3ncccc3N)nccn2n1. The summed E-state index contributed by atoms with van der Waals surface area (Å²) < 4.78 is 1.86. The Morgan fingerprint density at radius 3 is 2.62 bits per heavy atom. The first-order valence-corrected chi connectivity index (χ1v) is 7.50. The number of pyridine rings is 1. The maximum atomic E-state index is 5.95. The van der Waals surface area contributed by atoms with Gasteiger partial charge in [-0.25, -0.2) is 14.5 Å². The van der Waals surface area contributed by atoms with Crippen LogP contribution in [0.1, 0.15) is 26.5 Å². The highest BCUT2D eigenvalue weighted by Gasteiger charge is 2.19. The number of fused-ring (bicyclic) bond motifs is 1. The number of anilines is 1. The van der Waals surface area contributed by atoms with Crippen LogP contribution in [0.3, 0.4) is 0 Å². The van der Waals surface area contributed by atoms with E-state index < -0.39 is 0 Å². The summed E-state index contributed by atoms with van der Waals surface area (Å²) in [6, 6.07) is 5.74. The van der Waals surface area contributed by atoms with Crippen molar-refractivity contribution in [3.05, 3.63) is 42.5 Å². The van der Waals surface area contributed by atoms with Gasteiger partial charge >= 0.3 is 0 Å². The summed E-state index contributed by atoms with van der Waals surface area (Å²) >= 11 is 1.46. The third-order valence-corrected chi connectivity index (χ3v) is 4.16. The van der Waals surface area contributed by atoms with Gasteiger partial charge in [-0.1, -0.05) is 20.8 Å². The van der Waals surface area contributed by atoms with Crippen LogP contribution in [0, 0.1) is 0 Å². The molecule has 5 nitrogen and oxygen atoms in total. The number of hydrogen-bond donors (Lipinski definition) is 1. The van der Waals surface area contributed by atoms with E-state index >= 15 is 0 Å². The molecule has 6 heteroatoms. The Morgan fingerprint density at radius 2 is 1.90 bits per heavy atom. The second-order valence-corrected chi connectivity index (χ2v) is 6.82. The summed E-state index contributed by atoms with van der Waals surface area (Å²) in [5.41, 5.74) is 8.61. The molecular formula is C15H17N5S. The van der Waals surface area contributed by atoms with E-state index in [1.54, 1.807) is 12.4 Å². The maximum Gasteiger partial charge on any atom is 0.128 e. The lowest BCUT2D eigenvalue weighted by atomic mass is 9.92.